The molecule has 1 aliphatic heterocycles. The monoisotopic (exact) mass is 348 g/mol. The third-order valence-corrected chi connectivity index (χ3v) is 4.82. The molecule has 1 aliphatic rings. The Bertz CT molecular complexity index is 578. The lowest BCUT2D eigenvalue weighted by molar-refractivity contribution is -0.123. The molecule has 1 aromatic carbocycles. The maximum atomic E-state index is 12.2. The molecule has 0 bridgehead atoms. The highest BCUT2D eigenvalue weighted by Crippen LogP contribution is 2.24. The molecule has 1 amide bonds. The van der Waals surface area contributed by atoms with E-state index in [4.69, 9.17) is 9.47 Å². The second kappa shape index (κ2) is 8.68. The van der Waals surface area contributed by atoms with Gasteiger partial charge < -0.3 is 14.8 Å². The van der Waals surface area contributed by atoms with Crippen molar-refractivity contribution < 1.29 is 14.3 Å². The molecule has 2 rings (SSSR count). The predicted molar refractivity (Wildman–Crippen MR) is 100 cm³/mol. The molecule has 0 atom stereocenters. The van der Waals surface area contributed by atoms with Gasteiger partial charge in [0.05, 0.1) is 13.2 Å². The Hall–Kier alpha value is -1.59. The van der Waals surface area contributed by atoms with Crippen LogP contribution >= 0.6 is 0 Å². The van der Waals surface area contributed by atoms with Gasteiger partial charge in [0.25, 0.3) is 5.91 Å². The van der Waals surface area contributed by atoms with Crippen molar-refractivity contribution in [2.45, 2.75) is 46.1 Å². The summed E-state index contributed by atoms with van der Waals surface area (Å²) in [5, 5.41) is 3.00. The van der Waals surface area contributed by atoms with Crippen molar-refractivity contribution in [3.05, 3.63) is 29.3 Å². The van der Waals surface area contributed by atoms with Gasteiger partial charge in [-0.25, -0.2) is 0 Å². The number of amides is 1. The molecule has 1 saturated heterocycles. The lowest BCUT2D eigenvalue weighted by atomic mass is 10.0. The first kappa shape index (κ1) is 19.7. The largest absolute Gasteiger partial charge is 0.483 e. The number of morpholine rings is 1. The van der Waals surface area contributed by atoms with Gasteiger partial charge in [0.15, 0.2) is 6.61 Å². The number of carbonyl (C=O) groups excluding carboxylic acids is 1. The van der Waals surface area contributed by atoms with Crippen molar-refractivity contribution in [1.82, 2.24) is 10.2 Å². The Balaban J connectivity index is 1.83. The summed E-state index contributed by atoms with van der Waals surface area (Å²) in [6.07, 6.45) is 0. The molecule has 140 valence electrons. The van der Waals surface area contributed by atoms with Crippen LogP contribution in [0.2, 0.25) is 0 Å². The van der Waals surface area contributed by atoms with Crippen LogP contribution in [0.3, 0.4) is 0 Å². The quantitative estimate of drug-likeness (QED) is 0.823. The van der Waals surface area contributed by atoms with E-state index in [9.17, 15) is 4.79 Å². The minimum absolute atomic E-state index is 0.0432. The van der Waals surface area contributed by atoms with Crippen molar-refractivity contribution >= 4 is 5.91 Å². The van der Waals surface area contributed by atoms with E-state index in [0.717, 1.165) is 37.6 Å². The Morgan fingerprint density at radius 1 is 1.32 bits per heavy atom. The first-order chi connectivity index (χ1) is 11.8. The van der Waals surface area contributed by atoms with Crippen LogP contribution in [0.25, 0.3) is 0 Å². The smallest absolute Gasteiger partial charge is 0.258 e. The molecular weight excluding hydrogens is 316 g/mol. The van der Waals surface area contributed by atoms with E-state index in [-0.39, 0.29) is 18.1 Å². The molecule has 0 unspecified atom stereocenters. The number of nitrogens with one attached hydrogen (secondary N) is 1. The topological polar surface area (TPSA) is 50.8 Å². The maximum absolute atomic E-state index is 12.2. The van der Waals surface area contributed by atoms with E-state index < -0.39 is 0 Å². The van der Waals surface area contributed by atoms with Gasteiger partial charge in [-0.1, -0.05) is 26.0 Å². The molecule has 0 saturated carbocycles. The highest BCUT2D eigenvalue weighted by atomic mass is 16.5. The Labute approximate surface area is 151 Å². The molecule has 1 fully saturated rings. The average molecular weight is 348 g/mol. The third kappa shape index (κ3) is 5.72. The second-order valence-corrected chi connectivity index (χ2v) is 7.66. The number of nitrogens with zero attached hydrogens (tertiary/aromatic N) is 1. The molecule has 0 aliphatic carbocycles. The zero-order valence-corrected chi connectivity index (χ0v) is 16.2. The van der Waals surface area contributed by atoms with Crippen LogP contribution in [0, 0.1) is 6.92 Å². The minimum Gasteiger partial charge on any atom is -0.483 e. The third-order valence-electron chi connectivity index (χ3n) is 4.82. The van der Waals surface area contributed by atoms with Gasteiger partial charge in [0, 0.05) is 25.2 Å². The van der Waals surface area contributed by atoms with E-state index in [0.29, 0.717) is 12.5 Å². The van der Waals surface area contributed by atoms with Crippen molar-refractivity contribution in [3.8, 4) is 5.75 Å². The van der Waals surface area contributed by atoms with Crippen LogP contribution in [0.15, 0.2) is 18.2 Å². The fourth-order valence-electron chi connectivity index (χ4n) is 2.92. The van der Waals surface area contributed by atoms with Crippen molar-refractivity contribution in [2.24, 2.45) is 0 Å². The summed E-state index contributed by atoms with van der Waals surface area (Å²) in [6.45, 7) is 14.6. The van der Waals surface area contributed by atoms with Gasteiger partial charge in [-0.2, -0.15) is 0 Å². The minimum atomic E-state index is -0.0904. The number of aryl methyl sites for hydroxylation is 1. The number of ether oxygens (including phenoxy) is 2. The van der Waals surface area contributed by atoms with Gasteiger partial charge >= 0.3 is 0 Å². The van der Waals surface area contributed by atoms with Gasteiger partial charge in [0.2, 0.25) is 0 Å². The first-order valence-corrected chi connectivity index (χ1v) is 9.12. The average Bonchev–Trinajstić information content (AvgIpc) is 2.60. The van der Waals surface area contributed by atoms with Crippen LogP contribution in [-0.2, 0) is 9.53 Å². The SMILES string of the molecule is Cc1ccc(C(C)C)cc1OCC(=O)NCC(C)(C)N1CCOCC1. The Morgan fingerprint density at radius 3 is 2.64 bits per heavy atom. The summed E-state index contributed by atoms with van der Waals surface area (Å²) in [6, 6.07) is 6.19. The number of benzene rings is 1. The summed E-state index contributed by atoms with van der Waals surface area (Å²) in [4.78, 5) is 14.6. The standard InChI is InChI=1S/C20H32N2O3/c1-15(2)17-7-6-16(3)18(12-17)25-13-19(23)21-14-20(4,5)22-8-10-24-11-9-22/h6-7,12,15H,8-11,13-14H2,1-5H3,(H,21,23). The fourth-order valence-corrected chi connectivity index (χ4v) is 2.92. The molecule has 5 heteroatoms. The molecule has 1 heterocycles. The zero-order valence-electron chi connectivity index (χ0n) is 16.2. The summed E-state index contributed by atoms with van der Waals surface area (Å²) >= 11 is 0. The van der Waals surface area contributed by atoms with Crippen LogP contribution < -0.4 is 10.1 Å². The number of hydrogen-bond acceptors (Lipinski definition) is 4. The summed E-state index contributed by atoms with van der Waals surface area (Å²) in [5.74, 6) is 1.13. The fraction of sp³-hybridized carbons (Fsp3) is 0.650. The predicted octanol–water partition coefficient (Wildman–Crippen LogP) is 2.72. The molecule has 0 spiro atoms. The summed E-state index contributed by atoms with van der Waals surface area (Å²) in [7, 11) is 0. The molecule has 25 heavy (non-hydrogen) atoms. The number of carbonyl (C=O) groups is 1. The van der Waals surface area contributed by atoms with E-state index in [1.54, 1.807) is 0 Å². The highest BCUT2D eigenvalue weighted by molar-refractivity contribution is 5.77. The highest BCUT2D eigenvalue weighted by Gasteiger charge is 2.28. The maximum Gasteiger partial charge on any atom is 0.258 e. The molecule has 0 aromatic heterocycles. The summed E-state index contributed by atoms with van der Waals surface area (Å²) in [5.41, 5.74) is 2.17. The van der Waals surface area contributed by atoms with Gasteiger partial charge in [-0.05, 0) is 43.9 Å². The van der Waals surface area contributed by atoms with Crippen molar-refractivity contribution in [1.29, 1.82) is 0 Å². The first-order valence-electron chi connectivity index (χ1n) is 9.12. The van der Waals surface area contributed by atoms with E-state index >= 15 is 0 Å². The van der Waals surface area contributed by atoms with Gasteiger partial charge in [0.1, 0.15) is 5.75 Å². The van der Waals surface area contributed by atoms with E-state index in [2.05, 4.69) is 44.0 Å². The molecular formula is C20H32N2O3. The summed E-state index contributed by atoms with van der Waals surface area (Å²) < 4.78 is 11.2. The zero-order chi connectivity index (χ0) is 18.4. The lowest BCUT2D eigenvalue weighted by Crippen LogP contribution is -2.55. The number of rotatable bonds is 7. The Morgan fingerprint density at radius 2 is 2.00 bits per heavy atom. The lowest BCUT2D eigenvalue weighted by Gasteiger charge is -2.40. The molecule has 1 aromatic rings. The van der Waals surface area contributed by atoms with Crippen LogP contribution in [0.5, 0.6) is 5.75 Å². The van der Waals surface area contributed by atoms with Crippen molar-refractivity contribution in [2.75, 3.05) is 39.5 Å². The normalized spacial score (nSPS) is 16.1. The van der Waals surface area contributed by atoms with E-state index in [1.165, 1.54) is 5.56 Å². The van der Waals surface area contributed by atoms with Crippen LogP contribution in [-0.4, -0.2) is 55.8 Å². The van der Waals surface area contributed by atoms with Crippen LogP contribution in [0.4, 0.5) is 0 Å². The van der Waals surface area contributed by atoms with Gasteiger partial charge in [-0.3, -0.25) is 9.69 Å². The Kier molecular flexibility index (Phi) is 6.85. The molecule has 0 radical (unpaired) electrons. The molecule has 1 N–H and O–H groups in total. The van der Waals surface area contributed by atoms with E-state index in [1.807, 2.05) is 19.1 Å². The van der Waals surface area contributed by atoms with Gasteiger partial charge in [-0.15, -0.1) is 0 Å². The van der Waals surface area contributed by atoms with Crippen LogP contribution in [0.1, 0.15) is 44.7 Å². The van der Waals surface area contributed by atoms with Crippen molar-refractivity contribution in [3.63, 3.8) is 0 Å². The molecule has 5 nitrogen and oxygen atoms in total. The second-order valence-electron chi connectivity index (χ2n) is 7.66. The number of hydrogen-bond donors (Lipinski definition) is 1.